The third-order valence-electron chi connectivity index (χ3n) is 1.21. The molecule has 13 heavy (non-hydrogen) atoms. The number of aromatic nitrogens is 1. The molecule has 1 N–H and O–H groups in total. The lowest BCUT2D eigenvalue weighted by atomic mass is 10.4. The van der Waals surface area contributed by atoms with Gasteiger partial charge < -0.3 is 4.98 Å². The Kier molecular flexibility index (Phi) is 2.33. The third-order valence-corrected chi connectivity index (χ3v) is 1.21. The summed E-state index contributed by atoms with van der Waals surface area (Å²) >= 11 is 0. The van der Waals surface area contributed by atoms with Crippen molar-refractivity contribution in [3.63, 3.8) is 0 Å². The van der Waals surface area contributed by atoms with Gasteiger partial charge in [-0.3, -0.25) is 10.1 Å². The van der Waals surface area contributed by atoms with E-state index in [1.807, 2.05) is 0 Å². The minimum absolute atomic E-state index is 0.284. The lowest BCUT2D eigenvalue weighted by Gasteiger charge is -1.88. The molecule has 0 aromatic carbocycles. The number of nitrogens with zero attached hydrogens (tertiary/aromatic N) is 3. The van der Waals surface area contributed by atoms with Gasteiger partial charge in [-0.2, -0.15) is 0 Å². The summed E-state index contributed by atoms with van der Waals surface area (Å²) in [5.41, 5.74) is -0.431. The number of nitrogens with one attached hydrogen (secondary N) is 1. The summed E-state index contributed by atoms with van der Waals surface area (Å²) in [6.45, 7) is 0. The zero-order valence-corrected chi connectivity index (χ0v) is 6.21. The van der Waals surface area contributed by atoms with Crippen LogP contribution >= 0.6 is 0 Å². The lowest BCUT2D eigenvalue weighted by Crippen LogP contribution is -2.11. The molecule has 1 aromatic heterocycles. The first-order valence-electron chi connectivity index (χ1n) is 3.12. The molecule has 0 saturated carbocycles. The minimum Gasteiger partial charge on any atom is -0.362 e. The molecule has 0 atom stereocenters. The van der Waals surface area contributed by atoms with Crippen LogP contribution in [0.15, 0.2) is 23.6 Å². The van der Waals surface area contributed by atoms with E-state index in [4.69, 9.17) is 0 Å². The number of hydrogen-bond donors (Lipinski definition) is 1. The highest BCUT2D eigenvalue weighted by Gasteiger charge is 2.10. The summed E-state index contributed by atoms with van der Waals surface area (Å²) in [5, 5.41) is 21.8. The van der Waals surface area contributed by atoms with Gasteiger partial charge in [0.1, 0.15) is 0 Å². The Morgan fingerprint density at radius 3 is 2.62 bits per heavy atom. The fourth-order valence-corrected chi connectivity index (χ4v) is 0.732. The molecule has 0 amide bonds. The van der Waals surface area contributed by atoms with E-state index in [0.717, 1.165) is 12.3 Å². The van der Waals surface area contributed by atoms with Crippen molar-refractivity contribution in [3.8, 4) is 0 Å². The quantitative estimate of drug-likeness (QED) is 0.515. The Morgan fingerprint density at radius 2 is 2.08 bits per heavy atom. The summed E-state index contributed by atoms with van der Waals surface area (Å²) in [6.07, 6.45) is 2.34. The number of nitro groups is 2. The molecule has 1 heterocycles. The van der Waals surface area contributed by atoms with E-state index in [0.29, 0.717) is 0 Å². The molecular weight excluding hydrogens is 180 g/mol. The van der Waals surface area contributed by atoms with Crippen LogP contribution in [-0.4, -0.2) is 14.9 Å². The monoisotopic (exact) mass is 184 g/mol. The van der Waals surface area contributed by atoms with Crippen molar-refractivity contribution in [2.45, 2.75) is 0 Å². The average Bonchev–Trinajstić information content (AvgIpc) is 2.03. The van der Waals surface area contributed by atoms with Crippen molar-refractivity contribution in [3.05, 3.63) is 44.0 Å². The largest absolute Gasteiger partial charge is 0.362 e. The van der Waals surface area contributed by atoms with E-state index >= 15 is 0 Å². The van der Waals surface area contributed by atoms with Crippen LogP contribution in [0.2, 0.25) is 0 Å². The number of hydrogen-bond acceptors (Lipinski definition) is 4. The van der Waals surface area contributed by atoms with Gasteiger partial charge in [-0.25, -0.2) is 10.1 Å². The van der Waals surface area contributed by atoms with Crippen molar-refractivity contribution in [1.29, 1.82) is 0 Å². The maximum atomic E-state index is 10.3. The molecule has 0 fully saturated rings. The molecule has 1 aromatic rings. The molecule has 8 heteroatoms. The van der Waals surface area contributed by atoms with Gasteiger partial charge in [-0.1, -0.05) is 0 Å². The summed E-state index contributed by atoms with van der Waals surface area (Å²) in [7, 11) is 0. The molecule has 68 valence electrons. The number of aromatic amines is 1. The maximum absolute atomic E-state index is 10.3. The van der Waals surface area contributed by atoms with Crippen LogP contribution < -0.4 is 5.36 Å². The number of rotatable bonds is 2. The summed E-state index contributed by atoms with van der Waals surface area (Å²) in [4.78, 5) is 21.9. The van der Waals surface area contributed by atoms with Crippen LogP contribution in [-0.2, 0) is 0 Å². The normalized spacial score (nSPS) is 11.2. The van der Waals surface area contributed by atoms with Crippen LogP contribution in [0, 0.1) is 20.2 Å². The first kappa shape index (κ1) is 8.84. The molecule has 0 aliphatic rings. The highest BCUT2D eigenvalue weighted by atomic mass is 16.7. The molecule has 0 spiro atoms. The fraction of sp³-hybridized carbons (Fsp3) is 0. The van der Waals surface area contributed by atoms with Crippen LogP contribution in [0.3, 0.4) is 0 Å². The summed E-state index contributed by atoms with van der Waals surface area (Å²) in [5.74, 6) is 0. The van der Waals surface area contributed by atoms with E-state index in [1.165, 1.54) is 6.20 Å². The molecule has 8 nitrogen and oxygen atoms in total. The van der Waals surface area contributed by atoms with E-state index in [9.17, 15) is 20.2 Å². The second-order valence-electron chi connectivity index (χ2n) is 2.01. The minimum atomic E-state index is -0.984. The van der Waals surface area contributed by atoms with Crippen LogP contribution in [0.4, 0.5) is 5.69 Å². The van der Waals surface area contributed by atoms with Gasteiger partial charge >= 0.3 is 5.69 Å². The zero-order valence-electron chi connectivity index (χ0n) is 6.21. The van der Waals surface area contributed by atoms with Crippen LogP contribution in [0.5, 0.6) is 0 Å². The fourth-order valence-electron chi connectivity index (χ4n) is 0.732. The molecular formula is C5H4N4O4. The summed E-state index contributed by atoms with van der Waals surface area (Å²) < 4.78 is 0. The zero-order chi connectivity index (χ0) is 9.84. The van der Waals surface area contributed by atoms with Crippen molar-refractivity contribution in [1.82, 2.24) is 4.98 Å². The average molecular weight is 184 g/mol. The predicted octanol–water partition coefficient (Wildman–Crippen LogP) is 0.0153. The highest BCUT2D eigenvalue weighted by molar-refractivity contribution is 5.23. The molecule has 1 rings (SSSR count). The maximum Gasteiger partial charge on any atom is 0.317 e. The number of H-pyrrole nitrogens is 1. The molecule has 0 saturated heterocycles. The molecule has 0 unspecified atom stereocenters. The van der Waals surface area contributed by atoms with E-state index in [1.54, 1.807) is 0 Å². The Hall–Kier alpha value is -2.25. The predicted molar refractivity (Wildman–Crippen MR) is 40.0 cm³/mol. The lowest BCUT2D eigenvalue weighted by molar-refractivity contribution is -0.491. The Labute approximate surface area is 70.8 Å². The van der Waals surface area contributed by atoms with Gasteiger partial charge in [0.2, 0.25) is 5.36 Å². The molecule has 0 aliphatic heterocycles. The smallest absolute Gasteiger partial charge is 0.317 e. The first-order chi connectivity index (χ1) is 6.11. The molecule has 0 radical (unpaired) electrons. The van der Waals surface area contributed by atoms with Crippen molar-refractivity contribution >= 4 is 5.69 Å². The van der Waals surface area contributed by atoms with Crippen molar-refractivity contribution in [2.24, 2.45) is 5.10 Å². The summed E-state index contributed by atoms with van der Waals surface area (Å²) in [6, 6.07) is 1.15. The van der Waals surface area contributed by atoms with Crippen molar-refractivity contribution < 1.29 is 9.96 Å². The Bertz CT molecular complexity index is 409. The Balaban J connectivity index is 3.36. The highest BCUT2D eigenvalue weighted by Crippen LogP contribution is 1.98. The SMILES string of the molecule is O=[N+]([O-])N=c1cc[nH]cc1[N+](=O)[O-]. The van der Waals surface area contributed by atoms with Gasteiger partial charge in [0.15, 0.2) is 5.03 Å². The Morgan fingerprint density at radius 1 is 1.38 bits per heavy atom. The van der Waals surface area contributed by atoms with E-state index in [-0.39, 0.29) is 5.36 Å². The topological polar surface area (TPSA) is 114 Å². The standard InChI is InChI=1S/C5H4N4O4/c10-8(11)5-3-6-2-1-4(5)7-9(12)13/h1-3H,(H,6,7). The second-order valence-corrected chi connectivity index (χ2v) is 2.01. The van der Waals surface area contributed by atoms with E-state index in [2.05, 4.69) is 10.1 Å². The van der Waals surface area contributed by atoms with Gasteiger partial charge in [-0.05, 0) is 6.07 Å². The van der Waals surface area contributed by atoms with Crippen LogP contribution in [0.1, 0.15) is 0 Å². The van der Waals surface area contributed by atoms with Crippen molar-refractivity contribution in [2.75, 3.05) is 0 Å². The van der Waals surface area contributed by atoms with Gasteiger partial charge in [0.05, 0.1) is 16.2 Å². The number of pyridine rings is 1. The van der Waals surface area contributed by atoms with Gasteiger partial charge in [-0.15, -0.1) is 0 Å². The molecule has 0 aliphatic carbocycles. The second kappa shape index (κ2) is 3.43. The van der Waals surface area contributed by atoms with E-state index < -0.39 is 15.6 Å². The molecule has 0 bridgehead atoms. The van der Waals surface area contributed by atoms with Gasteiger partial charge in [0.25, 0.3) is 0 Å². The van der Waals surface area contributed by atoms with Crippen LogP contribution in [0.25, 0.3) is 0 Å². The first-order valence-corrected chi connectivity index (χ1v) is 3.12. The third kappa shape index (κ3) is 2.09. The van der Waals surface area contributed by atoms with Gasteiger partial charge in [0, 0.05) is 6.20 Å².